The zero-order valence-electron chi connectivity index (χ0n) is 13.2. The van der Waals surface area contributed by atoms with Crippen LogP contribution in [-0.2, 0) is 12.4 Å². The average Bonchev–Trinajstić information content (AvgIpc) is 2.58. The Morgan fingerprint density at radius 2 is 1.54 bits per heavy atom. The third-order valence-electron chi connectivity index (χ3n) is 4.03. The van der Waals surface area contributed by atoms with E-state index in [1.54, 1.807) is 0 Å². The summed E-state index contributed by atoms with van der Waals surface area (Å²) in [6, 6.07) is 6.07. The number of rotatable bonds is 2. The van der Waals surface area contributed by atoms with Crippen LogP contribution in [0.2, 0.25) is 0 Å². The second-order valence-corrected chi connectivity index (χ2v) is 5.76. The number of halogens is 6. The Morgan fingerprint density at radius 1 is 0.962 bits per heavy atom. The molecule has 1 heterocycles. The predicted octanol–water partition coefficient (Wildman–Crippen LogP) is 4.52. The summed E-state index contributed by atoms with van der Waals surface area (Å²) in [5, 5.41) is 2.92. The van der Waals surface area contributed by atoms with Crippen LogP contribution in [0.15, 0.2) is 36.4 Å². The lowest BCUT2D eigenvalue weighted by molar-refractivity contribution is -0.142. The maximum atomic E-state index is 13.4. The summed E-state index contributed by atoms with van der Waals surface area (Å²) in [4.78, 5) is 0. The molecule has 26 heavy (non-hydrogen) atoms. The summed E-state index contributed by atoms with van der Waals surface area (Å²) in [7, 11) is 0. The lowest BCUT2D eigenvalue weighted by Crippen LogP contribution is -2.37. The molecule has 3 N–H and O–H groups in total. The van der Waals surface area contributed by atoms with Crippen LogP contribution in [0, 0.1) is 0 Å². The first-order valence-corrected chi connectivity index (χ1v) is 7.64. The summed E-state index contributed by atoms with van der Waals surface area (Å²) in [5.74, 6) is -0.0728. The highest BCUT2D eigenvalue weighted by atomic mass is 19.4. The predicted molar refractivity (Wildman–Crippen MR) is 83.8 cm³/mol. The van der Waals surface area contributed by atoms with Crippen molar-refractivity contribution in [1.29, 1.82) is 0 Å². The number of nitrogens with two attached hydrogens (primary N) is 1. The van der Waals surface area contributed by atoms with Crippen molar-refractivity contribution in [3.8, 4) is 16.9 Å². The molecular weight excluding hydrogens is 362 g/mol. The molecule has 0 aromatic heterocycles. The minimum Gasteiger partial charge on any atom is -0.484 e. The molecule has 1 unspecified atom stereocenters. The Labute approximate surface area is 144 Å². The largest absolute Gasteiger partial charge is 0.484 e. The Balaban J connectivity index is 2.31. The monoisotopic (exact) mass is 376 g/mol. The van der Waals surface area contributed by atoms with E-state index in [1.165, 1.54) is 18.2 Å². The van der Waals surface area contributed by atoms with Gasteiger partial charge in [0.25, 0.3) is 0 Å². The van der Waals surface area contributed by atoms with Crippen molar-refractivity contribution in [1.82, 2.24) is 0 Å². The van der Waals surface area contributed by atoms with E-state index in [2.05, 4.69) is 5.32 Å². The van der Waals surface area contributed by atoms with Gasteiger partial charge in [0.1, 0.15) is 6.10 Å². The fraction of sp³-hybridized carbons (Fsp3) is 0.294. The van der Waals surface area contributed by atoms with Gasteiger partial charge >= 0.3 is 12.4 Å². The van der Waals surface area contributed by atoms with Crippen LogP contribution in [0.4, 0.5) is 32.0 Å². The molecule has 0 saturated heterocycles. The molecule has 1 aliphatic heterocycles. The topological polar surface area (TPSA) is 47.3 Å². The molecule has 3 rings (SSSR count). The van der Waals surface area contributed by atoms with Crippen molar-refractivity contribution in [3.63, 3.8) is 0 Å². The molecule has 0 amide bonds. The van der Waals surface area contributed by atoms with Gasteiger partial charge in [0.2, 0.25) is 0 Å². The normalized spacial score (nSPS) is 17.3. The lowest BCUT2D eigenvalue weighted by atomic mass is 9.92. The molecular formula is C17H14F6N2O. The van der Waals surface area contributed by atoms with E-state index in [-0.39, 0.29) is 17.9 Å². The number of hydrogen-bond donors (Lipinski definition) is 2. The van der Waals surface area contributed by atoms with Crippen LogP contribution in [0.3, 0.4) is 0 Å². The van der Waals surface area contributed by atoms with Crippen molar-refractivity contribution in [2.45, 2.75) is 18.5 Å². The molecule has 0 bridgehead atoms. The number of ether oxygens (including phenoxy) is 1. The van der Waals surface area contributed by atoms with Gasteiger partial charge in [-0.25, -0.2) is 0 Å². The maximum absolute atomic E-state index is 13.4. The molecule has 1 atom stereocenters. The van der Waals surface area contributed by atoms with Crippen LogP contribution in [0.5, 0.6) is 5.75 Å². The Hall–Kier alpha value is -2.42. The standard InChI is InChI=1S/C17H14F6N2O/c18-16(19,20)11-4-2-5-12(17(21,22)23)14(11)10-3-1-6-13-15(10)26-9(7-24)8-25-13/h1-6,9,25H,7-8,24H2. The SMILES string of the molecule is NCC1CNc2cccc(-c3c(C(F)(F)F)cccc3C(F)(F)F)c2O1. The molecule has 2 aromatic carbocycles. The molecule has 2 aromatic rings. The fourth-order valence-corrected chi connectivity index (χ4v) is 2.88. The van der Waals surface area contributed by atoms with E-state index in [4.69, 9.17) is 10.5 Å². The molecule has 0 aliphatic carbocycles. The second kappa shape index (κ2) is 6.39. The molecule has 9 heteroatoms. The van der Waals surface area contributed by atoms with E-state index < -0.39 is 35.1 Å². The smallest absolute Gasteiger partial charge is 0.417 e. The number of para-hydroxylation sites is 1. The summed E-state index contributed by atoms with van der Waals surface area (Å²) >= 11 is 0. The van der Waals surface area contributed by atoms with Crippen molar-refractivity contribution in [3.05, 3.63) is 47.5 Å². The molecule has 140 valence electrons. The first kappa shape index (κ1) is 18.4. The van der Waals surface area contributed by atoms with Crippen LogP contribution < -0.4 is 15.8 Å². The van der Waals surface area contributed by atoms with Crippen LogP contribution in [0.25, 0.3) is 11.1 Å². The minimum absolute atomic E-state index is 0.0633. The first-order valence-electron chi connectivity index (χ1n) is 7.64. The lowest BCUT2D eigenvalue weighted by Gasteiger charge is -2.29. The molecule has 1 aliphatic rings. The maximum Gasteiger partial charge on any atom is 0.417 e. The molecule has 0 fully saturated rings. The highest BCUT2D eigenvalue weighted by Crippen LogP contribution is 2.49. The Bertz CT molecular complexity index is 784. The Morgan fingerprint density at radius 3 is 2.08 bits per heavy atom. The molecule has 3 nitrogen and oxygen atoms in total. The van der Waals surface area contributed by atoms with Gasteiger partial charge in [0.15, 0.2) is 5.75 Å². The number of nitrogens with one attached hydrogen (secondary N) is 1. The summed E-state index contributed by atoms with van der Waals surface area (Å²) in [6.07, 6.45) is -10.5. The first-order chi connectivity index (χ1) is 12.1. The van der Waals surface area contributed by atoms with E-state index in [0.29, 0.717) is 24.4 Å². The van der Waals surface area contributed by atoms with Crippen molar-refractivity contribution >= 4 is 5.69 Å². The minimum atomic E-state index is -4.96. The van der Waals surface area contributed by atoms with Gasteiger partial charge in [-0.05, 0) is 18.2 Å². The van der Waals surface area contributed by atoms with Gasteiger partial charge < -0.3 is 15.8 Å². The van der Waals surface area contributed by atoms with Crippen LogP contribution in [0.1, 0.15) is 11.1 Å². The summed E-state index contributed by atoms with van der Waals surface area (Å²) < 4.78 is 86.2. The van der Waals surface area contributed by atoms with Gasteiger partial charge in [-0.1, -0.05) is 18.2 Å². The van der Waals surface area contributed by atoms with Gasteiger partial charge in [-0.2, -0.15) is 26.3 Å². The fourth-order valence-electron chi connectivity index (χ4n) is 2.88. The average molecular weight is 376 g/mol. The summed E-state index contributed by atoms with van der Waals surface area (Å²) in [5.41, 5.74) is 1.85. The number of alkyl halides is 6. The van der Waals surface area contributed by atoms with Gasteiger partial charge in [-0.3, -0.25) is 0 Å². The van der Waals surface area contributed by atoms with Gasteiger partial charge in [-0.15, -0.1) is 0 Å². The van der Waals surface area contributed by atoms with Crippen molar-refractivity contribution in [2.75, 3.05) is 18.4 Å². The second-order valence-electron chi connectivity index (χ2n) is 5.76. The number of fused-ring (bicyclic) bond motifs is 1. The highest BCUT2D eigenvalue weighted by molar-refractivity contribution is 5.83. The highest BCUT2D eigenvalue weighted by Gasteiger charge is 2.42. The van der Waals surface area contributed by atoms with E-state index in [1.807, 2.05) is 0 Å². The van der Waals surface area contributed by atoms with Gasteiger partial charge in [0.05, 0.1) is 23.4 Å². The van der Waals surface area contributed by atoms with Crippen molar-refractivity contribution in [2.24, 2.45) is 5.73 Å². The van der Waals surface area contributed by atoms with E-state index >= 15 is 0 Å². The number of benzene rings is 2. The zero-order chi connectivity index (χ0) is 19.1. The van der Waals surface area contributed by atoms with Crippen molar-refractivity contribution < 1.29 is 31.1 Å². The quantitative estimate of drug-likeness (QED) is 0.758. The van der Waals surface area contributed by atoms with Crippen LogP contribution in [-0.4, -0.2) is 19.2 Å². The molecule has 0 saturated carbocycles. The zero-order valence-corrected chi connectivity index (χ0v) is 13.2. The number of anilines is 1. The third kappa shape index (κ3) is 3.31. The number of hydrogen-bond acceptors (Lipinski definition) is 3. The van der Waals surface area contributed by atoms with Crippen LogP contribution >= 0.6 is 0 Å². The Kier molecular flexibility index (Phi) is 4.51. The molecule has 0 spiro atoms. The van der Waals surface area contributed by atoms with E-state index in [0.717, 1.165) is 6.07 Å². The third-order valence-corrected chi connectivity index (χ3v) is 4.03. The summed E-state index contributed by atoms with van der Waals surface area (Å²) in [6.45, 7) is 0.369. The molecule has 0 radical (unpaired) electrons. The van der Waals surface area contributed by atoms with E-state index in [9.17, 15) is 26.3 Å². The van der Waals surface area contributed by atoms with Gasteiger partial charge in [0, 0.05) is 17.7 Å².